The van der Waals surface area contributed by atoms with Crippen LogP contribution in [0.2, 0.25) is 0 Å². The minimum atomic E-state index is -0.257. The number of amides is 1. The van der Waals surface area contributed by atoms with Crippen molar-refractivity contribution in [1.29, 1.82) is 0 Å². The van der Waals surface area contributed by atoms with Gasteiger partial charge in [-0.05, 0) is 45.2 Å². The molecule has 0 bridgehead atoms. The summed E-state index contributed by atoms with van der Waals surface area (Å²) in [6.07, 6.45) is 4.97. The molecule has 0 radical (unpaired) electrons. The van der Waals surface area contributed by atoms with E-state index < -0.39 is 0 Å². The van der Waals surface area contributed by atoms with Crippen molar-refractivity contribution in [3.05, 3.63) is 41.5 Å². The van der Waals surface area contributed by atoms with Crippen LogP contribution in [-0.2, 0) is 0 Å². The molecule has 1 N–H and O–H groups in total. The molecule has 0 spiro atoms. The summed E-state index contributed by atoms with van der Waals surface area (Å²) in [7, 11) is 0. The van der Waals surface area contributed by atoms with Crippen molar-refractivity contribution in [2.45, 2.75) is 33.1 Å². The Morgan fingerprint density at radius 1 is 1.15 bits per heavy atom. The van der Waals surface area contributed by atoms with E-state index in [9.17, 15) is 4.79 Å². The fourth-order valence-corrected chi connectivity index (χ4v) is 3.44. The summed E-state index contributed by atoms with van der Waals surface area (Å²) in [6.45, 7) is 5.52. The molecule has 0 aliphatic carbocycles. The first-order valence-corrected chi connectivity index (χ1v) is 8.87. The van der Waals surface area contributed by atoms with Crippen LogP contribution in [0.15, 0.2) is 28.9 Å². The zero-order valence-electron chi connectivity index (χ0n) is 15.0. The molecule has 134 valence electrons. The minimum Gasteiger partial charge on any atom is -0.442 e. The summed E-state index contributed by atoms with van der Waals surface area (Å²) in [5.74, 6) is 1.56. The summed E-state index contributed by atoms with van der Waals surface area (Å²) in [5.41, 5.74) is 1.76. The zero-order valence-corrected chi connectivity index (χ0v) is 15.0. The lowest BCUT2D eigenvalue weighted by Crippen LogP contribution is -2.30. The molecule has 1 amide bonds. The molecule has 3 aromatic heterocycles. The lowest BCUT2D eigenvalue weighted by molar-refractivity contribution is 0.102. The Kier molecular flexibility index (Phi) is 4.28. The number of piperidine rings is 1. The molecule has 1 aliphatic rings. The Morgan fingerprint density at radius 2 is 1.96 bits per heavy atom. The highest BCUT2D eigenvalue weighted by Gasteiger charge is 2.26. The molecule has 26 heavy (non-hydrogen) atoms. The number of aromatic nitrogens is 3. The average Bonchev–Trinajstić information content (AvgIpc) is 2.98. The zero-order chi connectivity index (χ0) is 18.1. The van der Waals surface area contributed by atoms with Crippen LogP contribution >= 0.6 is 0 Å². The molecular weight excluding hydrogens is 330 g/mol. The van der Waals surface area contributed by atoms with Gasteiger partial charge < -0.3 is 14.6 Å². The summed E-state index contributed by atoms with van der Waals surface area (Å²) >= 11 is 0. The molecule has 3 aromatic rings. The molecule has 1 aliphatic heterocycles. The molecular formula is C19H21N5O2. The molecule has 4 heterocycles. The molecule has 0 atom stereocenters. The highest BCUT2D eigenvalue weighted by molar-refractivity contribution is 6.15. The number of hydrogen-bond acceptors (Lipinski definition) is 6. The summed E-state index contributed by atoms with van der Waals surface area (Å²) in [5, 5.41) is 3.54. The quantitative estimate of drug-likeness (QED) is 0.778. The Morgan fingerprint density at radius 3 is 2.73 bits per heavy atom. The monoisotopic (exact) mass is 351 g/mol. The van der Waals surface area contributed by atoms with Gasteiger partial charge in [0.1, 0.15) is 23.7 Å². The fraction of sp³-hybridized carbons (Fsp3) is 0.368. The Hall–Kier alpha value is -2.96. The number of nitrogens with one attached hydrogen (secondary N) is 1. The summed E-state index contributed by atoms with van der Waals surface area (Å²) in [4.78, 5) is 28.2. The van der Waals surface area contributed by atoms with Crippen LogP contribution in [0.3, 0.4) is 0 Å². The van der Waals surface area contributed by atoms with E-state index in [2.05, 4.69) is 25.2 Å². The van der Waals surface area contributed by atoms with Gasteiger partial charge in [0.05, 0.1) is 10.9 Å². The predicted octanol–water partition coefficient (Wildman–Crippen LogP) is 3.48. The van der Waals surface area contributed by atoms with Gasteiger partial charge in [-0.25, -0.2) is 15.0 Å². The SMILES string of the molecule is Cc1cccc(NC(=O)c2c(C)oc3ncnc(N4CCCCC4)c23)n1. The van der Waals surface area contributed by atoms with E-state index in [-0.39, 0.29) is 5.91 Å². The maximum atomic E-state index is 13.0. The number of carbonyl (C=O) groups is 1. The number of carbonyl (C=O) groups excluding carboxylic acids is 1. The summed E-state index contributed by atoms with van der Waals surface area (Å²) < 4.78 is 5.75. The van der Waals surface area contributed by atoms with E-state index >= 15 is 0 Å². The molecule has 7 heteroatoms. The Bertz CT molecular complexity index is 960. The van der Waals surface area contributed by atoms with Crippen LogP contribution in [0, 0.1) is 13.8 Å². The highest BCUT2D eigenvalue weighted by Crippen LogP contribution is 2.32. The van der Waals surface area contributed by atoms with Gasteiger partial charge in [0, 0.05) is 18.8 Å². The number of pyridine rings is 1. The third-order valence-corrected chi connectivity index (χ3v) is 4.66. The van der Waals surface area contributed by atoms with Gasteiger partial charge in [0.2, 0.25) is 5.71 Å². The van der Waals surface area contributed by atoms with Crippen LogP contribution in [-0.4, -0.2) is 33.9 Å². The van der Waals surface area contributed by atoms with Crippen molar-refractivity contribution in [3.63, 3.8) is 0 Å². The smallest absolute Gasteiger partial charge is 0.261 e. The highest BCUT2D eigenvalue weighted by atomic mass is 16.3. The molecule has 0 aromatic carbocycles. The van der Waals surface area contributed by atoms with E-state index in [1.165, 1.54) is 12.7 Å². The number of rotatable bonds is 3. The molecule has 1 saturated heterocycles. The van der Waals surface area contributed by atoms with Crippen LogP contribution in [0.25, 0.3) is 11.1 Å². The van der Waals surface area contributed by atoms with E-state index in [4.69, 9.17) is 4.42 Å². The Labute approximate surface area is 151 Å². The predicted molar refractivity (Wildman–Crippen MR) is 99.5 cm³/mol. The molecule has 4 rings (SSSR count). The van der Waals surface area contributed by atoms with Gasteiger partial charge >= 0.3 is 0 Å². The third-order valence-electron chi connectivity index (χ3n) is 4.66. The largest absolute Gasteiger partial charge is 0.442 e. The van der Waals surface area contributed by atoms with Crippen molar-refractivity contribution in [2.24, 2.45) is 0 Å². The maximum absolute atomic E-state index is 13.0. The van der Waals surface area contributed by atoms with E-state index in [0.29, 0.717) is 28.2 Å². The maximum Gasteiger partial charge on any atom is 0.261 e. The van der Waals surface area contributed by atoms with Crippen LogP contribution < -0.4 is 10.2 Å². The number of anilines is 2. The average molecular weight is 351 g/mol. The first kappa shape index (κ1) is 16.5. The van der Waals surface area contributed by atoms with Crippen molar-refractivity contribution >= 4 is 28.6 Å². The molecule has 7 nitrogen and oxygen atoms in total. The lowest BCUT2D eigenvalue weighted by Gasteiger charge is -2.28. The van der Waals surface area contributed by atoms with E-state index in [0.717, 1.165) is 37.4 Å². The number of aryl methyl sites for hydroxylation is 2. The van der Waals surface area contributed by atoms with Crippen molar-refractivity contribution in [2.75, 3.05) is 23.3 Å². The first-order valence-electron chi connectivity index (χ1n) is 8.87. The van der Waals surface area contributed by atoms with E-state index in [1.54, 1.807) is 13.0 Å². The second-order valence-electron chi connectivity index (χ2n) is 6.58. The van der Waals surface area contributed by atoms with Gasteiger partial charge in [-0.3, -0.25) is 4.79 Å². The van der Waals surface area contributed by atoms with Crippen LogP contribution in [0.1, 0.15) is 41.1 Å². The lowest BCUT2D eigenvalue weighted by atomic mass is 10.1. The topological polar surface area (TPSA) is 84.2 Å². The fourth-order valence-electron chi connectivity index (χ4n) is 3.44. The van der Waals surface area contributed by atoms with Gasteiger partial charge in [0.25, 0.3) is 5.91 Å². The van der Waals surface area contributed by atoms with Gasteiger partial charge in [-0.15, -0.1) is 0 Å². The van der Waals surface area contributed by atoms with Gasteiger partial charge in [-0.1, -0.05) is 6.07 Å². The number of furan rings is 1. The van der Waals surface area contributed by atoms with Crippen molar-refractivity contribution in [3.8, 4) is 0 Å². The second kappa shape index (κ2) is 6.74. The summed E-state index contributed by atoms with van der Waals surface area (Å²) in [6, 6.07) is 5.52. The third kappa shape index (κ3) is 3.00. The normalized spacial score (nSPS) is 14.6. The molecule has 0 unspecified atom stereocenters. The van der Waals surface area contributed by atoms with Crippen molar-refractivity contribution in [1.82, 2.24) is 15.0 Å². The molecule has 0 saturated carbocycles. The van der Waals surface area contributed by atoms with Crippen molar-refractivity contribution < 1.29 is 9.21 Å². The van der Waals surface area contributed by atoms with Crippen LogP contribution in [0.4, 0.5) is 11.6 Å². The van der Waals surface area contributed by atoms with E-state index in [1.807, 2.05) is 19.1 Å². The minimum absolute atomic E-state index is 0.257. The Balaban J connectivity index is 1.76. The number of fused-ring (bicyclic) bond motifs is 1. The van der Waals surface area contributed by atoms with Gasteiger partial charge in [0.15, 0.2) is 0 Å². The number of hydrogen-bond donors (Lipinski definition) is 1. The van der Waals surface area contributed by atoms with Gasteiger partial charge in [-0.2, -0.15) is 0 Å². The second-order valence-corrected chi connectivity index (χ2v) is 6.58. The number of nitrogens with zero attached hydrogens (tertiary/aromatic N) is 4. The molecule has 1 fully saturated rings. The standard InChI is InChI=1S/C19H21N5O2/c1-12-7-6-8-14(22-12)23-18(25)15-13(2)26-19-16(15)17(20-11-21-19)24-9-4-3-5-10-24/h6-8,11H,3-5,9-10H2,1-2H3,(H,22,23,25). The first-order chi connectivity index (χ1) is 12.6. The van der Waals surface area contributed by atoms with Crippen LogP contribution in [0.5, 0.6) is 0 Å².